The fraction of sp³-hybridized carbons (Fsp3) is 0.333. The van der Waals surface area contributed by atoms with Gasteiger partial charge in [0.25, 0.3) is 0 Å². The molecule has 0 saturated heterocycles. The summed E-state index contributed by atoms with van der Waals surface area (Å²) in [6.07, 6.45) is -0.501. The number of amides is 1. The zero-order valence-electron chi connectivity index (χ0n) is 19.8. The van der Waals surface area contributed by atoms with Gasteiger partial charge in [-0.1, -0.05) is 11.6 Å². The lowest BCUT2D eigenvalue weighted by molar-refractivity contribution is 0.0506. The van der Waals surface area contributed by atoms with Crippen LogP contribution in [0.5, 0.6) is 0 Å². The van der Waals surface area contributed by atoms with Crippen LogP contribution in [0.25, 0.3) is 33.6 Å². The molecule has 4 rings (SSSR count). The summed E-state index contributed by atoms with van der Waals surface area (Å²) < 4.78 is 12.0. The Kier molecular flexibility index (Phi) is 5.99. The number of esters is 1. The number of hydrogen-bond donors (Lipinski definition) is 2. The maximum absolute atomic E-state index is 12.1. The molecule has 9 nitrogen and oxygen atoms in total. The Morgan fingerprint density at radius 2 is 1.91 bits per heavy atom. The number of H-pyrrole nitrogens is 1. The molecule has 0 aliphatic heterocycles. The molecule has 1 atom stereocenters. The highest BCUT2D eigenvalue weighted by Crippen LogP contribution is 2.30. The third-order valence-corrected chi connectivity index (χ3v) is 5.61. The smallest absolute Gasteiger partial charge is 0.408 e. The number of benzene rings is 1. The third kappa shape index (κ3) is 4.56. The molecular weight excluding hydrogens is 458 g/mol. The molecule has 0 bridgehead atoms. The monoisotopic (exact) mass is 483 g/mol. The number of alkyl carbamates (subject to hydrolysis) is 1. The van der Waals surface area contributed by atoms with Crippen LogP contribution in [0.4, 0.5) is 4.79 Å². The number of carbonyl (C=O) groups is 2. The first-order valence-corrected chi connectivity index (χ1v) is 11.1. The van der Waals surface area contributed by atoms with Crippen LogP contribution in [0, 0.1) is 0 Å². The molecule has 3 heterocycles. The number of rotatable bonds is 4. The van der Waals surface area contributed by atoms with Gasteiger partial charge in [0, 0.05) is 12.4 Å². The van der Waals surface area contributed by atoms with Crippen molar-refractivity contribution in [1.29, 1.82) is 0 Å². The average molecular weight is 484 g/mol. The summed E-state index contributed by atoms with van der Waals surface area (Å²) in [6.45, 7) is 7.28. The van der Waals surface area contributed by atoms with Gasteiger partial charge in [0.2, 0.25) is 0 Å². The van der Waals surface area contributed by atoms with Gasteiger partial charge in [0.15, 0.2) is 5.82 Å². The van der Waals surface area contributed by atoms with Crippen molar-refractivity contribution < 1.29 is 19.1 Å². The van der Waals surface area contributed by atoms with E-state index in [4.69, 9.17) is 26.1 Å². The highest BCUT2D eigenvalue weighted by molar-refractivity contribution is 6.34. The summed E-state index contributed by atoms with van der Waals surface area (Å²) in [7, 11) is 3.18. The molecule has 34 heavy (non-hydrogen) atoms. The molecule has 10 heteroatoms. The second-order valence-electron chi connectivity index (χ2n) is 9.03. The first-order chi connectivity index (χ1) is 16.0. The average Bonchev–Trinajstić information content (AvgIpc) is 3.31. The summed E-state index contributed by atoms with van der Waals surface area (Å²) >= 11 is 6.29. The van der Waals surface area contributed by atoms with E-state index < -0.39 is 17.7 Å². The predicted molar refractivity (Wildman–Crippen MR) is 130 cm³/mol. The van der Waals surface area contributed by atoms with Crippen molar-refractivity contribution in [3.63, 3.8) is 0 Å². The Morgan fingerprint density at radius 3 is 2.59 bits per heavy atom. The third-order valence-electron chi connectivity index (χ3n) is 5.29. The van der Waals surface area contributed by atoms with Crippen LogP contribution < -0.4 is 5.32 Å². The molecule has 1 amide bonds. The van der Waals surface area contributed by atoms with Gasteiger partial charge in [-0.25, -0.2) is 19.6 Å². The number of aromatic amines is 1. The molecule has 0 unspecified atom stereocenters. The number of halogens is 1. The fourth-order valence-electron chi connectivity index (χ4n) is 3.66. The van der Waals surface area contributed by atoms with Gasteiger partial charge in [0.1, 0.15) is 11.2 Å². The standard InChI is InChI=1S/C24H26ClN5O4/c1-12(26-23(32)34-24(2,3)4)16-8-7-13-9-18(28-20(13)27-16)21-29-17-10-14(22(31)33-6)15(25)11-19(17)30(21)5/h7-12H,1-6H3,(H,26,32)(H,27,28)/t12-/m1/s1. The van der Waals surface area contributed by atoms with E-state index in [1.54, 1.807) is 12.1 Å². The Bertz CT molecular complexity index is 1420. The molecule has 3 aromatic heterocycles. The first kappa shape index (κ1) is 23.6. The SMILES string of the molecule is COC(=O)c1cc2nc(-c3cc4ccc([C@@H](C)NC(=O)OC(C)(C)C)nc4[nH]3)n(C)c2cc1Cl. The number of pyridine rings is 1. The maximum atomic E-state index is 12.1. The van der Waals surface area contributed by atoms with Crippen LogP contribution in [0.3, 0.4) is 0 Å². The van der Waals surface area contributed by atoms with Crippen LogP contribution in [-0.2, 0) is 16.5 Å². The van der Waals surface area contributed by atoms with E-state index in [0.29, 0.717) is 27.7 Å². The number of ether oxygens (including phenoxy) is 2. The highest BCUT2D eigenvalue weighted by Gasteiger charge is 2.20. The Labute approximate surface area is 201 Å². The van der Waals surface area contributed by atoms with Crippen molar-refractivity contribution in [2.24, 2.45) is 7.05 Å². The molecule has 0 radical (unpaired) electrons. The van der Waals surface area contributed by atoms with Crippen LogP contribution >= 0.6 is 11.6 Å². The van der Waals surface area contributed by atoms with Gasteiger partial charge in [-0.3, -0.25) is 0 Å². The van der Waals surface area contributed by atoms with Crippen LogP contribution in [-0.4, -0.2) is 44.3 Å². The van der Waals surface area contributed by atoms with Crippen molar-refractivity contribution >= 4 is 45.7 Å². The van der Waals surface area contributed by atoms with E-state index in [1.807, 2.05) is 57.5 Å². The molecule has 178 valence electrons. The Hall–Kier alpha value is -3.59. The van der Waals surface area contributed by atoms with Crippen molar-refractivity contribution in [2.75, 3.05) is 7.11 Å². The summed E-state index contributed by atoms with van der Waals surface area (Å²) in [6, 6.07) is 8.71. The first-order valence-electron chi connectivity index (χ1n) is 10.7. The Balaban J connectivity index is 1.66. The van der Waals surface area contributed by atoms with Gasteiger partial charge < -0.3 is 24.3 Å². The normalized spacial score (nSPS) is 12.7. The van der Waals surface area contributed by atoms with Gasteiger partial charge in [0.05, 0.1) is 46.2 Å². The topological polar surface area (TPSA) is 111 Å². The van der Waals surface area contributed by atoms with E-state index in [-0.39, 0.29) is 11.6 Å². The molecule has 0 fully saturated rings. The second-order valence-corrected chi connectivity index (χ2v) is 9.44. The Morgan fingerprint density at radius 1 is 1.18 bits per heavy atom. The summed E-state index contributed by atoms with van der Waals surface area (Å²) in [5, 5.41) is 3.99. The molecular formula is C24H26ClN5O4. The molecule has 0 saturated carbocycles. The quantitative estimate of drug-likeness (QED) is 0.389. The van der Waals surface area contributed by atoms with E-state index in [0.717, 1.165) is 16.6 Å². The van der Waals surface area contributed by atoms with Crippen LogP contribution in [0.15, 0.2) is 30.3 Å². The number of aromatic nitrogens is 4. The number of carbonyl (C=O) groups excluding carboxylic acids is 2. The van der Waals surface area contributed by atoms with Gasteiger partial charge in [-0.2, -0.15) is 0 Å². The number of nitrogens with one attached hydrogen (secondary N) is 2. The highest BCUT2D eigenvalue weighted by atomic mass is 35.5. The number of fused-ring (bicyclic) bond motifs is 2. The van der Waals surface area contributed by atoms with E-state index in [1.165, 1.54) is 7.11 Å². The number of aryl methyl sites for hydroxylation is 1. The summed E-state index contributed by atoms with van der Waals surface area (Å²) in [5.41, 5.74) is 3.16. The van der Waals surface area contributed by atoms with E-state index in [9.17, 15) is 9.59 Å². The number of nitrogens with zero attached hydrogens (tertiary/aromatic N) is 3. The van der Waals surface area contributed by atoms with E-state index >= 15 is 0 Å². The maximum Gasteiger partial charge on any atom is 0.408 e. The van der Waals surface area contributed by atoms with Crippen molar-refractivity contribution in [3.05, 3.63) is 46.6 Å². The van der Waals surface area contributed by atoms with Crippen molar-refractivity contribution in [3.8, 4) is 11.5 Å². The van der Waals surface area contributed by atoms with Crippen molar-refractivity contribution in [2.45, 2.75) is 39.3 Å². The molecule has 0 aliphatic rings. The van der Waals surface area contributed by atoms with Crippen LogP contribution in [0.1, 0.15) is 49.8 Å². The van der Waals surface area contributed by atoms with E-state index in [2.05, 4.69) is 15.3 Å². The van der Waals surface area contributed by atoms with Crippen molar-refractivity contribution in [1.82, 2.24) is 24.8 Å². The summed E-state index contributed by atoms with van der Waals surface area (Å²) in [5.74, 6) is 0.142. The second kappa shape index (κ2) is 8.64. The predicted octanol–water partition coefficient (Wildman–Crippen LogP) is 5.14. The minimum Gasteiger partial charge on any atom is -0.465 e. The number of imidazole rings is 1. The lowest BCUT2D eigenvalue weighted by atomic mass is 10.2. The molecule has 1 aromatic carbocycles. The number of hydrogen-bond acceptors (Lipinski definition) is 6. The minimum absolute atomic E-state index is 0.260. The van der Waals surface area contributed by atoms with Gasteiger partial charge in [-0.05, 0) is 58.0 Å². The number of methoxy groups -OCH3 is 1. The molecule has 4 aromatic rings. The lowest BCUT2D eigenvalue weighted by Crippen LogP contribution is -2.34. The fourth-order valence-corrected chi connectivity index (χ4v) is 3.90. The minimum atomic E-state index is -0.580. The largest absolute Gasteiger partial charge is 0.465 e. The summed E-state index contributed by atoms with van der Waals surface area (Å²) in [4.78, 5) is 36.8. The zero-order valence-corrected chi connectivity index (χ0v) is 20.6. The molecule has 0 spiro atoms. The van der Waals surface area contributed by atoms with Gasteiger partial charge >= 0.3 is 12.1 Å². The zero-order chi connectivity index (χ0) is 24.8. The molecule has 2 N–H and O–H groups in total. The van der Waals surface area contributed by atoms with Gasteiger partial charge in [-0.15, -0.1) is 0 Å². The van der Waals surface area contributed by atoms with Crippen LogP contribution in [0.2, 0.25) is 5.02 Å². The lowest BCUT2D eigenvalue weighted by Gasteiger charge is -2.21. The molecule has 0 aliphatic carbocycles.